The van der Waals surface area contributed by atoms with Crippen LogP contribution in [0, 0.1) is 0 Å². The van der Waals surface area contributed by atoms with Gasteiger partial charge in [0.25, 0.3) is 0 Å². The number of hydrogen-bond acceptors (Lipinski definition) is 2. The van der Waals surface area contributed by atoms with Gasteiger partial charge in [0, 0.05) is 18.0 Å². The summed E-state index contributed by atoms with van der Waals surface area (Å²) in [6, 6.07) is 7.26. The van der Waals surface area contributed by atoms with E-state index < -0.39 is 0 Å². The number of hydrogen-bond donors (Lipinski definition) is 2. The third-order valence-corrected chi connectivity index (χ3v) is 3.43. The number of aromatic nitrogens is 2. The molecule has 0 aliphatic heterocycles. The zero-order chi connectivity index (χ0) is 12.8. The van der Waals surface area contributed by atoms with Crippen molar-refractivity contribution in [3.63, 3.8) is 0 Å². The molecule has 96 valence electrons. The maximum absolute atomic E-state index is 4.66. The summed E-state index contributed by atoms with van der Waals surface area (Å²) in [6.07, 6.45) is 2.67. The fraction of sp³-hybridized carbons (Fsp3) is 0.533. The van der Waals surface area contributed by atoms with E-state index in [2.05, 4.69) is 54.3 Å². The number of imidazole rings is 1. The highest BCUT2D eigenvalue weighted by atomic mass is 15.0. The quantitative estimate of drug-likeness (QED) is 0.869. The van der Waals surface area contributed by atoms with E-state index in [1.807, 2.05) is 0 Å². The standard InChI is InChI=1S/C15H21N3/c1-15(2,3)14-17-12-7-4-10(8-13(12)18-14)9-16-11-5-6-11/h4,7-8,11,16H,5-6,9H2,1-3H3,(H,17,18). The summed E-state index contributed by atoms with van der Waals surface area (Å²) in [5.41, 5.74) is 3.62. The first-order chi connectivity index (χ1) is 8.52. The van der Waals surface area contributed by atoms with Crippen LogP contribution in [-0.2, 0) is 12.0 Å². The van der Waals surface area contributed by atoms with Gasteiger partial charge in [0.1, 0.15) is 5.82 Å². The van der Waals surface area contributed by atoms with E-state index in [9.17, 15) is 0 Å². The van der Waals surface area contributed by atoms with Crippen LogP contribution in [0.25, 0.3) is 11.0 Å². The first kappa shape index (κ1) is 11.7. The van der Waals surface area contributed by atoms with E-state index in [4.69, 9.17) is 0 Å². The SMILES string of the molecule is CC(C)(C)c1nc2ccc(CNC3CC3)cc2[nH]1. The Balaban J connectivity index is 1.86. The molecule has 2 aromatic rings. The summed E-state index contributed by atoms with van der Waals surface area (Å²) in [4.78, 5) is 8.10. The van der Waals surface area contributed by atoms with Crippen LogP contribution in [0.15, 0.2) is 18.2 Å². The lowest BCUT2D eigenvalue weighted by Crippen LogP contribution is -2.15. The summed E-state index contributed by atoms with van der Waals surface area (Å²) in [5, 5.41) is 3.54. The van der Waals surface area contributed by atoms with E-state index >= 15 is 0 Å². The van der Waals surface area contributed by atoms with Gasteiger partial charge in [0.2, 0.25) is 0 Å². The van der Waals surface area contributed by atoms with Crippen LogP contribution in [0.4, 0.5) is 0 Å². The Morgan fingerprint density at radius 2 is 2.11 bits per heavy atom. The number of nitrogens with one attached hydrogen (secondary N) is 2. The van der Waals surface area contributed by atoms with Gasteiger partial charge < -0.3 is 10.3 Å². The molecule has 0 unspecified atom stereocenters. The Morgan fingerprint density at radius 1 is 1.33 bits per heavy atom. The molecule has 0 amide bonds. The molecule has 1 aliphatic carbocycles. The molecule has 1 saturated carbocycles. The van der Waals surface area contributed by atoms with Crippen LogP contribution in [0.2, 0.25) is 0 Å². The van der Waals surface area contributed by atoms with Crippen LogP contribution in [-0.4, -0.2) is 16.0 Å². The topological polar surface area (TPSA) is 40.7 Å². The van der Waals surface area contributed by atoms with E-state index in [0.29, 0.717) is 0 Å². The summed E-state index contributed by atoms with van der Waals surface area (Å²) in [6.45, 7) is 7.51. The zero-order valence-electron chi connectivity index (χ0n) is 11.4. The van der Waals surface area contributed by atoms with Crippen LogP contribution in [0.5, 0.6) is 0 Å². The van der Waals surface area contributed by atoms with Gasteiger partial charge in [0.05, 0.1) is 11.0 Å². The molecule has 1 aromatic carbocycles. The zero-order valence-corrected chi connectivity index (χ0v) is 11.4. The number of H-pyrrole nitrogens is 1. The third kappa shape index (κ3) is 2.41. The van der Waals surface area contributed by atoms with Crippen molar-refractivity contribution >= 4 is 11.0 Å². The predicted molar refractivity (Wildman–Crippen MR) is 74.7 cm³/mol. The van der Waals surface area contributed by atoms with Crippen molar-refractivity contribution in [2.75, 3.05) is 0 Å². The average molecular weight is 243 g/mol. The lowest BCUT2D eigenvalue weighted by atomic mass is 9.96. The van der Waals surface area contributed by atoms with Crippen LogP contribution < -0.4 is 5.32 Å². The third-order valence-electron chi connectivity index (χ3n) is 3.43. The molecule has 1 heterocycles. The number of aromatic amines is 1. The summed E-state index contributed by atoms with van der Waals surface area (Å²) >= 11 is 0. The van der Waals surface area contributed by atoms with E-state index in [1.165, 1.54) is 18.4 Å². The van der Waals surface area contributed by atoms with Gasteiger partial charge in [-0.25, -0.2) is 4.98 Å². The fourth-order valence-corrected chi connectivity index (χ4v) is 2.07. The van der Waals surface area contributed by atoms with Crippen molar-refractivity contribution in [2.45, 2.75) is 51.6 Å². The van der Waals surface area contributed by atoms with Gasteiger partial charge in [-0.15, -0.1) is 0 Å². The molecule has 1 aliphatic rings. The fourth-order valence-electron chi connectivity index (χ4n) is 2.07. The molecule has 3 heteroatoms. The first-order valence-electron chi connectivity index (χ1n) is 6.75. The van der Waals surface area contributed by atoms with Crippen molar-refractivity contribution in [1.29, 1.82) is 0 Å². The second-order valence-electron chi connectivity index (χ2n) is 6.34. The van der Waals surface area contributed by atoms with Crippen molar-refractivity contribution in [3.05, 3.63) is 29.6 Å². The molecular weight excluding hydrogens is 222 g/mol. The highest BCUT2D eigenvalue weighted by Crippen LogP contribution is 2.23. The predicted octanol–water partition coefficient (Wildman–Crippen LogP) is 3.11. The summed E-state index contributed by atoms with van der Waals surface area (Å²) in [5.74, 6) is 1.06. The number of rotatable bonds is 3. The molecule has 2 N–H and O–H groups in total. The maximum Gasteiger partial charge on any atom is 0.112 e. The second-order valence-corrected chi connectivity index (χ2v) is 6.34. The number of nitrogens with zero attached hydrogens (tertiary/aromatic N) is 1. The smallest absolute Gasteiger partial charge is 0.112 e. The molecular formula is C15H21N3. The molecule has 0 spiro atoms. The van der Waals surface area contributed by atoms with E-state index in [0.717, 1.165) is 29.4 Å². The Labute approximate surface area is 108 Å². The Kier molecular flexibility index (Phi) is 2.67. The van der Waals surface area contributed by atoms with Crippen molar-refractivity contribution in [2.24, 2.45) is 0 Å². The van der Waals surface area contributed by atoms with Crippen molar-refractivity contribution < 1.29 is 0 Å². The number of benzene rings is 1. The van der Waals surface area contributed by atoms with Crippen molar-refractivity contribution in [3.8, 4) is 0 Å². The lowest BCUT2D eigenvalue weighted by Gasteiger charge is -2.13. The Hall–Kier alpha value is -1.35. The Bertz CT molecular complexity index is 559. The second kappa shape index (κ2) is 4.09. The van der Waals surface area contributed by atoms with E-state index in [1.54, 1.807) is 0 Å². The van der Waals surface area contributed by atoms with Gasteiger partial charge in [-0.3, -0.25) is 0 Å². The molecule has 0 bridgehead atoms. The van der Waals surface area contributed by atoms with Gasteiger partial charge in [-0.1, -0.05) is 26.8 Å². The van der Waals surface area contributed by atoms with Crippen molar-refractivity contribution in [1.82, 2.24) is 15.3 Å². The van der Waals surface area contributed by atoms with Gasteiger partial charge >= 0.3 is 0 Å². The molecule has 0 radical (unpaired) electrons. The average Bonchev–Trinajstić information content (AvgIpc) is 3.02. The Morgan fingerprint density at radius 3 is 2.78 bits per heavy atom. The molecule has 3 nitrogen and oxygen atoms in total. The monoisotopic (exact) mass is 243 g/mol. The van der Waals surface area contributed by atoms with Crippen LogP contribution >= 0.6 is 0 Å². The maximum atomic E-state index is 4.66. The van der Waals surface area contributed by atoms with Gasteiger partial charge in [-0.2, -0.15) is 0 Å². The lowest BCUT2D eigenvalue weighted by molar-refractivity contribution is 0.554. The molecule has 1 aromatic heterocycles. The molecule has 1 fully saturated rings. The number of fused-ring (bicyclic) bond motifs is 1. The van der Waals surface area contributed by atoms with E-state index in [-0.39, 0.29) is 5.41 Å². The molecule has 3 rings (SSSR count). The largest absolute Gasteiger partial charge is 0.342 e. The normalized spacial score (nSPS) is 16.4. The van der Waals surface area contributed by atoms with Crippen LogP contribution in [0.1, 0.15) is 45.0 Å². The minimum Gasteiger partial charge on any atom is -0.342 e. The van der Waals surface area contributed by atoms with Crippen LogP contribution in [0.3, 0.4) is 0 Å². The summed E-state index contributed by atoms with van der Waals surface area (Å²) < 4.78 is 0. The highest BCUT2D eigenvalue weighted by Gasteiger charge is 2.20. The molecule has 0 atom stereocenters. The molecule has 0 saturated heterocycles. The van der Waals surface area contributed by atoms with Gasteiger partial charge in [0.15, 0.2) is 0 Å². The van der Waals surface area contributed by atoms with Gasteiger partial charge in [-0.05, 0) is 30.5 Å². The summed E-state index contributed by atoms with van der Waals surface area (Å²) in [7, 11) is 0. The first-order valence-corrected chi connectivity index (χ1v) is 6.75. The minimum absolute atomic E-state index is 0.0748. The molecule has 18 heavy (non-hydrogen) atoms. The highest BCUT2D eigenvalue weighted by molar-refractivity contribution is 5.76. The minimum atomic E-state index is 0.0748.